The number of fused-ring (bicyclic) bond motifs is 1. The number of pyridine rings is 1. The highest BCUT2D eigenvalue weighted by Gasteiger charge is 2.17. The third-order valence-electron chi connectivity index (χ3n) is 4.32. The summed E-state index contributed by atoms with van der Waals surface area (Å²) >= 11 is 6.04. The Morgan fingerprint density at radius 2 is 1.93 bits per heavy atom. The molecule has 2 N–H and O–H groups in total. The maximum Gasteiger partial charge on any atom is 0.253 e. The molecule has 0 saturated heterocycles. The first-order valence-corrected chi connectivity index (χ1v) is 11.4. The lowest BCUT2D eigenvalue weighted by Gasteiger charge is -2.15. The first-order valence-electron chi connectivity index (χ1n) is 9.24. The molecule has 1 atom stereocenters. The van der Waals surface area contributed by atoms with Crippen LogP contribution < -0.4 is 10.9 Å². The summed E-state index contributed by atoms with van der Waals surface area (Å²) in [6.07, 6.45) is 1.51. The third-order valence-corrected chi connectivity index (χ3v) is 6.46. The third kappa shape index (κ3) is 5.55. The van der Waals surface area contributed by atoms with Crippen molar-refractivity contribution in [2.75, 3.05) is 11.1 Å². The molecule has 29 heavy (non-hydrogen) atoms. The van der Waals surface area contributed by atoms with Gasteiger partial charge in [-0.25, -0.2) is 18.4 Å². The zero-order chi connectivity index (χ0) is 21.2. The van der Waals surface area contributed by atoms with Gasteiger partial charge in [0.25, 0.3) is 5.56 Å². The molecule has 0 amide bonds. The van der Waals surface area contributed by atoms with Crippen LogP contribution in [0.15, 0.2) is 41.3 Å². The first kappa shape index (κ1) is 21.3. The Bertz CT molecular complexity index is 1190. The van der Waals surface area contributed by atoms with Gasteiger partial charge >= 0.3 is 0 Å². The molecule has 0 radical (unpaired) electrons. The number of H-pyrrole nitrogens is 1. The van der Waals surface area contributed by atoms with Crippen molar-refractivity contribution in [2.45, 2.75) is 32.6 Å². The van der Waals surface area contributed by atoms with Crippen LogP contribution in [0.1, 0.15) is 38.1 Å². The fourth-order valence-electron chi connectivity index (χ4n) is 3.13. The summed E-state index contributed by atoms with van der Waals surface area (Å²) < 4.78 is 24.4. The van der Waals surface area contributed by atoms with Gasteiger partial charge in [-0.2, -0.15) is 0 Å². The van der Waals surface area contributed by atoms with E-state index < -0.39 is 15.9 Å². The van der Waals surface area contributed by atoms with Gasteiger partial charge in [-0.15, -0.1) is 0 Å². The maximum absolute atomic E-state index is 12.5. The second-order valence-corrected chi connectivity index (χ2v) is 10.0. The summed E-state index contributed by atoms with van der Waals surface area (Å²) in [5.41, 5.74) is 1.38. The zero-order valence-corrected chi connectivity index (χ0v) is 18.0. The number of aromatic amines is 1. The van der Waals surface area contributed by atoms with Crippen LogP contribution in [0.25, 0.3) is 10.9 Å². The lowest BCUT2D eigenvalue weighted by atomic mass is 10.1. The maximum atomic E-state index is 12.5. The number of benzene rings is 1. The Morgan fingerprint density at radius 3 is 2.66 bits per heavy atom. The Kier molecular flexibility index (Phi) is 6.24. The van der Waals surface area contributed by atoms with E-state index in [0.29, 0.717) is 21.8 Å². The number of halogens is 1. The van der Waals surface area contributed by atoms with Crippen molar-refractivity contribution < 1.29 is 8.42 Å². The SMILES string of the molecule is CC(C)CS(=O)(=O)Cc1ccnc(NC(C)c2cc3cc(Cl)ccc3[nH]c2=O)n1. The second kappa shape index (κ2) is 8.51. The quantitative estimate of drug-likeness (QED) is 0.587. The fourth-order valence-corrected chi connectivity index (χ4v) is 5.05. The van der Waals surface area contributed by atoms with Crippen LogP contribution in [-0.2, 0) is 15.6 Å². The van der Waals surface area contributed by atoms with Gasteiger partial charge < -0.3 is 10.3 Å². The van der Waals surface area contributed by atoms with Crippen molar-refractivity contribution in [3.8, 4) is 0 Å². The highest BCUT2D eigenvalue weighted by Crippen LogP contribution is 2.21. The van der Waals surface area contributed by atoms with Crippen LogP contribution in [0.3, 0.4) is 0 Å². The fraction of sp³-hybridized carbons (Fsp3) is 0.350. The minimum Gasteiger partial charge on any atom is -0.347 e. The van der Waals surface area contributed by atoms with Gasteiger partial charge in [0.15, 0.2) is 9.84 Å². The molecule has 0 spiro atoms. The topological polar surface area (TPSA) is 105 Å². The number of nitrogens with zero attached hydrogens (tertiary/aromatic N) is 2. The first-order chi connectivity index (χ1) is 13.6. The van der Waals surface area contributed by atoms with Gasteiger partial charge in [0, 0.05) is 27.7 Å². The van der Waals surface area contributed by atoms with Gasteiger partial charge in [-0.05, 0) is 43.2 Å². The van der Waals surface area contributed by atoms with Crippen molar-refractivity contribution in [1.29, 1.82) is 0 Å². The Hall–Kier alpha value is -2.45. The summed E-state index contributed by atoms with van der Waals surface area (Å²) in [4.78, 5) is 23.8. The molecule has 7 nitrogen and oxygen atoms in total. The number of rotatable bonds is 7. The molecule has 0 aliphatic heterocycles. The van der Waals surface area contributed by atoms with Gasteiger partial charge in [-0.1, -0.05) is 25.4 Å². The monoisotopic (exact) mass is 434 g/mol. The Morgan fingerprint density at radius 1 is 1.17 bits per heavy atom. The number of hydrogen-bond acceptors (Lipinski definition) is 6. The number of anilines is 1. The molecule has 2 aromatic heterocycles. The lowest BCUT2D eigenvalue weighted by molar-refractivity contribution is 0.581. The van der Waals surface area contributed by atoms with Crippen molar-refractivity contribution in [3.05, 3.63) is 63.2 Å². The van der Waals surface area contributed by atoms with E-state index >= 15 is 0 Å². The normalized spacial score (nSPS) is 13.0. The molecule has 1 unspecified atom stereocenters. The summed E-state index contributed by atoms with van der Waals surface area (Å²) in [6.45, 7) is 5.54. The molecule has 3 rings (SSSR count). The van der Waals surface area contributed by atoms with Crippen molar-refractivity contribution in [1.82, 2.24) is 15.0 Å². The van der Waals surface area contributed by atoms with Gasteiger partial charge in [0.05, 0.1) is 23.2 Å². The predicted octanol–water partition coefficient (Wildman–Crippen LogP) is 3.72. The van der Waals surface area contributed by atoms with Gasteiger partial charge in [0.2, 0.25) is 5.95 Å². The Labute approximate surface area is 174 Å². The number of aromatic nitrogens is 3. The van der Waals surface area contributed by atoms with Crippen LogP contribution in [-0.4, -0.2) is 29.1 Å². The molecule has 2 heterocycles. The van der Waals surface area contributed by atoms with Crippen LogP contribution in [0.2, 0.25) is 5.02 Å². The smallest absolute Gasteiger partial charge is 0.253 e. The molecule has 1 aromatic carbocycles. The summed E-state index contributed by atoms with van der Waals surface area (Å²) in [6, 6.07) is 8.20. The molecule has 154 valence electrons. The molecule has 0 saturated carbocycles. The molecular formula is C20H23ClN4O3S. The van der Waals surface area contributed by atoms with Crippen LogP contribution >= 0.6 is 11.6 Å². The van der Waals surface area contributed by atoms with Crippen molar-refractivity contribution in [3.63, 3.8) is 0 Å². The highest BCUT2D eigenvalue weighted by molar-refractivity contribution is 7.90. The highest BCUT2D eigenvalue weighted by atomic mass is 35.5. The second-order valence-electron chi connectivity index (χ2n) is 7.47. The molecule has 9 heteroatoms. The molecule has 3 aromatic rings. The van der Waals surface area contributed by atoms with E-state index in [1.165, 1.54) is 6.20 Å². The van der Waals surface area contributed by atoms with Crippen LogP contribution in [0, 0.1) is 5.92 Å². The summed E-state index contributed by atoms with van der Waals surface area (Å²) in [7, 11) is -3.25. The standard InChI is InChI=1S/C20H23ClN4O3S/c1-12(2)10-29(27,28)11-16-6-7-22-20(24-16)23-13(3)17-9-14-8-15(21)4-5-18(14)25-19(17)26/h4-9,12-13H,10-11H2,1-3H3,(H,25,26)(H,22,23,24). The molecule has 0 bridgehead atoms. The summed E-state index contributed by atoms with van der Waals surface area (Å²) in [5.74, 6) is 0.268. The van der Waals surface area contributed by atoms with Crippen LogP contribution in [0.5, 0.6) is 0 Å². The zero-order valence-electron chi connectivity index (χ0n) is 16.4. The minimum absolute atomic E-state index is 0.0487. The van der Waals surface area contributed by atoms with Crippen LogP contribution in [0.4, 0.5) is 5.95 Å². The average Bonchev–Trinajstić information content (AvgIpc) is 2.60. The van der Waals surface area contributed by atoms with E-state index in [9.17, 15) is 13.2 Å². The number of nitrogens with one attached hydrogen (secondary N) is 2. The van der Waals surface area contributed by atoms with E-state index in [4.69, 9.17) is 11.6 Å². The Balaban J connectivity index is 1.82. The number of hydrogen-bond donors (Lipinski definition) is 2. The van der Waals surface area contributed by atoms with E-state index in [1.54, 1.807) is 30.3 Å². The van der Waals surface area contributed by atoms with Gasteiger partial charge in [-0.3, -0.25) is 4.79 Å². The van der Waals surface area contributed by atoms with Crippen molar-refractivity contribution >= 4 is 38.3 Å². The van der Waals surface area contributed by atoms with E-state index in [1.807, 2.05) is 20.8 Å². The molecule has 0 aliphatic carbocycles. The summed E-state index contributed by atoms with van der Waals surface area (Å²) in [5, 5.41) is 4.47. The lowest BCUT2D eigenvalue weighted by Crippen LogP contribution is -2.20. The van der Waals surface area contributed by atoms with Crippen molar-refractivity contribution in [2.24, 2.45) is 5.92 Å². The van der Waals surface area contributed by atoms with E-state index in [-0.39, 0.29) is 28.9 Å². The van der Waals surface area contributed by atoms with E-state index in [0.717, 1.165) is 5.39 Å². The van der Waals surface area contributed by atoms with Gasteiger partial charge in [0.1, 0.15) is 0 Å². The molecule has 0 aliphatic rings. The molecule has 0 fully saturated rings. The minimum atomic E-state index is -3.25. The number of sulfone groups is 1. The largest absolute Gasteiger partial charge is 0.347 e. The predicted molar refractivity (Wildman–Crippen MR) is 116 cm³/mol. The molecular weight excluding hydrogens is 412 g/mol. The van der Waals surface area contributed by atoms with E-state index in [2.05, 4.69) is 20.3 Å². The average molecular weight is 435 g/mol.